The lowest BCUT2D eigenvalue weighted by Gasteiger charge is -2.34. The Labute approximate surface area is 236 Å². The third-order valence-electron chi connectivity index (χ3n) is 7.11. The summed E-state index contributed by atoms with van der Waals surface area (Å²) in [6.07, 6.45) is -0.480. The van der Waals surface area contributed by atoms with Crippen molar-refractivity contribution in [1.29, 1.82) is 0 Å². The number of benzene rings is 1. The Balaban J connectivity index is 2.20. The third kappa shape index (κ3) is 8.73. The molecule has 0 saturated carbocycles. The topological polar surface area (TPSA) is 109 Å². The van der Waals surface area contributed by atoms with Crippen LogP contribution in [0.2, 0.25) is 0 Å². The molecule has 1 aromatic carbocycles. The van der Waals surface area contributed by atoms with E-state index in [-0.39, 0.29) is 29.5 Å². The monoisotopic (exact) mass is 557 g/mol. The molecule has 0 fully saturated rings. The zero-order chi connectivity index (χ0) is 29.4. The van der Waals surface area contributed by atoms with Crippen LogP contribution in [0.3, 0.4) is 0 Å². The Hall–Kier alpha value is -3.04. The molecule has 0 spiro atoms. The number of aromatic nitrogens is 1. The van der Waals surface area contributed by atoms with Crippen molar-refractivity contribution in [2.24, 2.45) is 11.8 Å². The summed E-state index contributed by atoms with van der Waals surface area (Å²) in [6, 6.07) is 6.67. The van der Waals surface area contributed by atoms with Gasteiger partial charge in [-0.3, -0.25) is 14.4 Å². The fourth-order valence-electron chi connectivity index (χ4n) is 4.28. The van der Waals surface area contributed by atoms with Gasteiger partial charge in [0, 0.05) is 37.4 Å². The van der Waals surface area contributed by atoms with E-state index in [4.69, 9.17) is 4.74 Å². The lowest BCUT2D eigenvalue weighted by atomic mass is 9.93. The number of hydrogen-bond donors (Lipinski definition) is 2. The largest absolute Gasteiger partial charge is 0.455 e. The molecular weight excluding hydrogens is 514 g/mol. The molecule has 0 radical (unpaired) electrons. The predicted molar refractivity (Wildman–Crippen MR) is 154 cm³/mol. The van der Waals surface area contributed by atoms with Gasteiger partial charge in [-0.15, -0.1) is 11.3 Å². The van der Waals surface area contributed by atoms with Gasteiger partial charge < -0.3 is 20.1 Å². The molecule has 39 heavy (non-hydrogen) atoms. The van der Waals surface area contributed by atoms with Crippen molar-refractivity contribution in [3.8, 4) is 0 Å². The van der Waals surface area contributed by atoms with E-state index in [1.165, 1.54) is 18.3 Å². The maximum Gasteiger partial charge on any atom is 0.303 e. The molecule has 5 unspecified atom stereocenters. The van der Waals surface area contributed by atoms with Gasteiger partial charge >= 0.3 is 5.97 Å². The van der Waals surface area contributed by atoms with E-state index < -0.39 is 30.1 Å². The van der Waals surface area contributed by atoms with E-state index >= 15 is 0 Å². The van der Waals surface area contributed by atoms with Crippen LogP contribution in [-0.2, 0) is 14.3 Å². The average molecular weight is 558 g/mol. The van der Waals surface area contributed by atoms with Crippen LogP contribution in [0.5, 0.6) is 0 Å². The number of rotatable bonds is 13. The van der Waals surface area contributed by atoms with Gasteiger partial charge in [0.2, 0.25) is 5.91 Å². The molecule has 0 aliphatic carbocycles. The van der Waals surface area contributed by atoms with Crippen LogP contribution >= 0.6 is 11.3 Å². The summed E-state index contributed by atoms with van der Waals surface area (Å²) in [5.41, 5.74) is 2.50. The number of aryl methyl sites for hydroxylation is 1. The minimum Gasteiger partial charge on any atom is -0.455 e. The molecule has 0 bridgehead atoms. The molecule has 1 heterocycles. The zero-order valence-corrected chi connectivity index (χ0v) is 25.2. The van der Waals surface area contributed by atoms with E-state index in [1.54, 1.807) is 24.3 Å². The van der Waals surface area contributed by atoms with Gasteiger partial charge in [0.25, 0.3) is 5.91 Å². The lowest BCUT2D eigenvalue weighted by molar-refractivity contribution is -0.148. The molecule has 5 atom stereocenters. The SMILES string of the molecule is C=C(C(=O)N(C)C(CC(OC(C)=O)c1nc(C(=O)NC(C)C(O)c2ccc(C)cc2)cs1)C(C)C)C(C)CC. The Kier molecular flexibility index (Phi) is 11.9. The van der Waals surface area contributed by atoms with Crippen LogP contribution in [0.15, 0.2) is 41.8 Å². The van der Waals surface area contributed by atoms with Crippen molar-refractivity contribution >= 4 is 29.1 Å². The number of thiazole rings is 1. The maximum atomic E-state index is 13.1. The van der Waals surface area contributed by atoms with Crippen LogP contribution in [0.1, 0.15) is 93.2 Å². The Bertz CT molecular complexity index is 1140. The molecule has 214 valence electrons. The van der Waals surface area contributed by atoms with E-state index in [9.17, 15) is 19.5 Å². The lowest BCUT2D eigenvalue weighted by Crippen LogP contribution is -2.43. The second-order valence-electron chi connectivity index (χ2n) is 10.6. The van der Waals surface area contributed by atoms with Crippen LogP contribution < -0.4 is 5.32 Å². The molecule has 2 amide bonds. The van der Waals surface area contributed by atoms with E-state index in [0.29, 0.717) is 22.6 Å². The van der Waals surface area contributed by atoms with Crippen molar-refractivity contribution in [1.82, 2.24) is 15.2 Å². The number of nitrogens with one attached hydrogen (secondary N) is 1. The Morgan fingerprint density at radius 1 is 1.15 bits per heavy atom. The number of ether oxygens (including phenoxy) is 1. The van der Waals surface area contributed by atoms with Gasteiger partial charge in [0.1, 0.15) is 10.7 Å². The number of esters is 1. The number of amides is 2. The van der Waals surface area contributed by atoms with Crippen LogP contribution in [0.25, 0.3) is 0 Å². The summed E-state index contributed by atoms with van der Waals surface area (Å²) < 4.78 is 5.63. The van der Waals surface area contributed by atoms with Gasteiger partial charge in [0.15, 0.2) is 6.10 Å². The molecule has 2 aromatic rings. The minimum absolute atomic E-state index is 0.0592. The first kappa shape index (κ1) is 32.2. The maximum absolute atomic E-state index is 13.1. The summed E-state index contributed by atoms with van der Waals surface area (Å²) >= 11 is 1.22. The number of nitrogens with zero attached hydrogens (tertiary/aromatic N) is 2. The van der Waals surface area contributed by atoms with Crippen molar-refractivity contribution < 1.29 is 24.2 Å². The van der Waals surface area contributed by atoms with Crippen molar-refractivity contribution in [3.63, 3.8) is 0 Å². The standard InChI is InChI=1S/C30H43N3O5S/c1-10-19(5)20(6)30(37)33(9)25(17(2)3)15-26(38-22(8)34)29-32-24(16-39-29)28(36)31-21(7)27(35)23-13-11-18(4)12-14-23/h11-14,16-17,19,21,25-27,35H,6,10,15H2,1-5,7-9H3,(H,31,36). The van der Waals surface area contributed by atoms with Crippen molar-refractivity contribution in [3.05, 3.63) is 63.6 Å². The molecule has 9 heteroatoms. The molecule has 0 aliphatic rings. The number of hydrogen-bond acceptors (Lipinski definition) is 7. The van der Waals surface area contributed by atoms with E-state index in [1.807, 2.05) is 58.9 Å². The van der Waals surface area contributed by atoms with Crippen LogP contribution in [0, 0.1) is 18.8 Å². The third-order valence-corrected chi connectivity index (χ3v) is 8.05. The van der Waals surface area contributed by atoms with E-state index in [2.05, 4.69) is 16.9 Å². The van der Waals surface area contributed by atoms with Gasteiger partial charge in [-0.2, -0.15) is 0 Å². The quantitative estimate of drug-likeness (QED) is 0.253. The summed E-state index contributed by atoms with van der Waals surface area (Å²) in [7, 11) is 1.74. The van der Waals surface area contributed by atoms with Crippen LogP contribution in [0.4, 0.5) is 0 Å². The highest BCUT2D eigenvalue weighted by Gasteiger charge is 2.32. The molecule has 1 aromatic heterocycles. The van der Waals surface area contributed by atoms with Gasteiger partial charge in [0.05, 0.1) is 12.1 Å². The molecule has 0 aliphatic heterocycles. The highest BCUT2D eigenvalue weighted by atomic mass is 32.1. The fourth-order valence-corrected chi connectivity index (χ4v) is 5.12. The average Bonchev–Trinajstić information content (AvgIpc) is 3.39. The normalized spacial score (nSPS) is 15.1. The first-order valence-corrected chi connectivity index (χ1v) is 14.3. The Morgan fingerprint density at radius 2 is 1.77 bits per heavy atom. The highest BCUT2D eigenvalue weighted by Crippen LogP contribution is 2.31. The van der Waals surface area contributed by atoms with E-state index in [0.717, 1.165) is 12.0 Å². The summed E-state index contributed by atoms with van der Waals surface area (Å²) in [5.74, 6) is -0.922. The Morgan fingerprint density at radius 3 is 2.31 bits per heavy atom. The molecule has 8 nitrogen and oxygen atoms in total. The number of carbonyl (C=O) groups excluding carboxylic acids is 3. The van der Waals surface area contributed by atoms with Crippen molar-refractivity contribution in [2.45, 2.75) is 85.6 Å². The summed E-state index contributed by atoms with van der Waals surface area (Å²) in [6.45, 7) is 17.0. The number of aliphatic hydroxyl groups excluding tert-OH is 1. The number of likely N-dealkylation sites (N-methyl/N-ethyl adjacent to an activating group) is 1. The molecule has 2 N–H and O–H groups in total. The molecule has 0 saturated heterocycles. The van der Waals surface area contributed by atoms with Gasteiger partial charge in [-0.25, -0.2) is 4.98 Å². The number of aliphatic hydroxyl groups is 1. The predicted octanol–water partition coefficient (Wildman–Crippen LogP) is 5.38. The summed E-state index contributed by atoms with van der Waals surface area (Å²) in [4.78, 5) is 44.2. The number of carbonyl (C=O) groups is 3. The molecule has 2 rings (SSSR count). The highest BCUT2D eigenvalue weighted by molar-refractivity contribution is 7.09. The second kappa shape index (κ2) is 14.4. The van der Waals surface area contributed by atoms with Crippen LogP contribution in [-0.4, -0.2) is 51.9 Å². The fraction of sp³-hybridized carbons (Fsp3) is 0.533. The first-order chi connectivity index (χ1) is 18.3. The smallest absolute Gasteiger partial charge is 0.303 e. The first-order valence-electron chi connectivity index (χ1n) is 13.4. The molecular formula is C30H43N3O5S. The van der Waals surface area contributed by atoms with Crippen molar-refractivity contribution in [2.75, 3.05) is 7.05 Å². The zero-order valence-electron chi connectivity index (χ0n) is 24.4. The minimum atomic E-state index is -0.883. The second-order valence-corrected chi connectivity index (χ2v) is 11.5. The van der Waals surface area contributed by atoms with Gasteiger partial charge in [-0.05, 0) is 37.7 Å². The summed E-state index contributed by atoms with van der Waals surface area (Å²) in [5, 5.41) is 15.6. The van der Waals surface area contributed by atoms with Gasteiger partial charge in [-0.1, -0.05) is 64.1 Å².